The van der Waals surface area contributed by atoms with Crippen molar-refractivity contribution >= 4 is 29.0 Å². The Morgan fingerprint density at radius 2 is 1.88 bits per heavy atom. The summed E-state index contributed by atoms with van der Waals surface area (Å²) in [6, 6.07) is 17.5. The fourth-order valence-electron chi connectivity index (χ4n) is 2.59. The number of aryl methyl sites for hydroxylation is 1. The molecule has 0 heterocycles. The summed E-state index contributed by atoms with van der Waals surface area (Å²) >= 11 is 0. The van der Waals surface area contributed by atoms with Gasteiger partial charge in [0.25, 0.3) is 0 Å². The molecule has 0 aliphatic rings. The highest BCUT2D eigenvalue weighted by molar-refractivity contribution is 6.04. The van der Waals surface area contributed by atoms with Gasteiger partial charge in [-0.05, 0) is 35.9 Å². The topological polar surface area (TPSA) is 93.8 Å². The molecule has 0 aliphatic heterocycles. The molecule has 0 fully saturated rings. The van der Waals surface area contributed by atoms with Gasteiger partial charge in [-0.2, -0.15) is 5.10 Å². The molecule has 6 nitrogen and oxygen atoms in total. The molecule has 6 heteroatoms. The standard InChI is InChI=1S/C20H17N3O3/c1-13-5-4-7-15(11-13)19(24)26-18-10-9-14-6-2-3-8-16(14)17(18)12-22-23-20(21)25/h2-12H,1H3,(H3,21,23,25)/b22-12+. The van der Waals surface area contributed by atoms with Gasteiger partial charge >= 0.3 is 12.0 Å². The minimum Gasteiger partial charge on any atom is -0.422 e. The monoisotopic (exact) mass is 347 g/mol. The summed E-state index contributed by atoms with van der Waals surface area (Å²) in [4.78, 5) is 23.3. The van der Waals surface area contributed by atoms with E-state index in [2.05, 4.69) is 10.5 Å². The van der Waals surface area contributed by atoms with Crippen molar-refractivity contribution in [3.05, 3.63) is 77.4 Å². The Kier molecular flexibility index (Phi) is 4.94. The molecule has 3 aromatic carbocycles. The maximum absolute atomic E-state index is 12.5. The van der Waals surface area contributed by atoms with Crippen molar-refractivity contribution in [2.45, 2.75) is 6.92 Å². The number of nitrogens with zero attached hydrogens (tertiary/aromatic N) is 1. The van der Waals surface area contributed by atoms with E-state index in [1.54, 1.807) is 24.3 Å². The summed E-state index contributed by atoms with van der Waals surface area (Å²) in [5.74, 6) is -0.133. The van der Waals surface area contributed by atoms with Crippen molar-refractivity contribution in [2.75, 3.05) is 0 Å². The SMILES string of the molecule is Cc1cccc(C(=O)Oc2ccc3ccccc3c2/C=N/NC(N)=O)c1. The summed E-state index contributed by atoms with van der Waals surface area (Å²) in [5, 5.41) is 5.58. The average Bonchev–Trinajstić information content (AvgIpc) is 2.63. The Morgan fingerprint density at radius 1 is 1.08 bits per heavy atom. The highest BCUT2D eigenvalue weighted by Crippen LogP contribution is 2.27. The molecule has 3 N–H and O–H groups in total. The van der Waals surface area contributed by atoms with Gasteiger partial charge in [0.2, 0.25) is 0 Å². The zero-order chi connectivity index (χ0) is 18.5. The highest BCUT2D eigenvalue weighted by Gasteiger charge is 2.13. The quantitative estimate of drug-likeness (QED) is 0.328. The second-order valence-electron chi connectivity index (χ2n) is 5.69. The smallest absolute Gasteiger partial charge is 0.343 e. The molecule has 0 aliphatic carbocycles. The van der Waals surface area contributed by atoms with Gasteiger partial charge < -0.3 is 10.5 Å². The first-order valence-electron chi connectivity index (χ1n) is 7.94. The van der Waals surface area contributed by atoms with Crippen LogP contribution in [0.2, 0.25) is 0 Å². The maximum Gasteiger partial charge on any atom is 0.343 e. The lowest BCUT2D eigenvalue weighted by molar-refractivity contribution is 0.0734. The van der Waals surface area contributed by atoms with E-state index < -0.39 is 12.0 Å². The third-order valence-corrected chi connectivity index (χ3v) is 3.76. The second kappa shape index (κ2) is 7.48. The Hall–Kier alpha value is -3.67. The van der Waals surface area contributed by atoms with Crippen molar-refractivity contribution in [1.29, 1.82) is 0 Å². The van der Waals surface area contributed by atoms with Crippen LogP contribution in [-0.2, 0) is 0 Å². The molecular formula is C20H17N3O3. The van der Waals surface area contributed by atoms with Gasteiger partial charge in [0.1, 0.15) is 5.75 Å². The number of benzene rings is 3. The molecule has 0 saturated carbocycles. The summed E-state index contributed by atoms with van der Waals surface area (Å²) in [6.45, 7) is 1.90. The lowest BCUT2D eigenvalue weighted by Crippen LogP contribution is -2.24. The number of hydrazone groups is 1. The molecule has 0 radical (unpaired) electrons. The molecule has 0 bridgehead atoms. The third kappa shape index (κ3) is 3.87. The van der Waals surface area contributed by atoms with E-state index in [4.69, 9.17) is 10.5 Å². The number of rotatable bonds is 4. The number of hydrogen-bond donors (Lipinski definition) is 2. The number of nitrogens with one attached hydrogen (secondary N) is 1. The van der Waals surface area contributed by atoms with Crippen LogP contribution in [0.4, 0.5) is 4.79 Å². The van der Waals surface area contributed by atoms with Crippen LogP contribution in [0.1, 0.15) is 21.5 Å². The minimum atomic E-state index is -0.778. The molecule has 3 aromatic rings. The van der Waals surface area contributed by atoms with Crippen molar-refractivity contribution in [3.8, 4) is 5.75 Å². The van der Waals surface area contributed by atoms with E-state index in [1.807, 2.05) is 43.3 Å². The molecule has 0 atom stereocenters. The molecular weight excluding hydrogens is 330 g/mol. The van der Waals surface area contributed by atoms with E-state index in [0.717, 1.165) is 16.3 Å². The van der Waals surface area contributed by atoms with Gasteiger partial charge in [0, 0.05) is 5.56 Å². The molecule has 3 rings (SSSR count). The van der Waals surface area contributed by atoms with E-state index >= 15 is 0 Å². The fourth-order valence-corrected chi connectivity index (χ4v) is 2.59. The minimum absolute atomic E-state index is 0.338. The molecule has 26 heavy (non-hydrogen) atoms. The molecule has 2 amide bonds. The van der Waals surface area contributed by atoms with Crippen LogP contribution in [-0.4, -0.2) is 18.2 Å². The number of fused-ring (bicyclic) bond motifs is 1. The van der Waals surface area contributed by atoms with Gasteiger partial charge in [-0.25, -0.2) is 15.0 Å². The van der Waals surface area contributed by atoms with Crippen LogP contribution in [0, 0.1) is 6.92 Å². The van der Waals surface area contributed by atoms with Crippen LogP contribution in [0.5, 0.6) is 5.75 Å². The van der Waals surface area contributed by atoms with Gasteiger partial charge in [0.15, 0.2) is 0 Å². The van der Waals surface area contributed by atoms with Crippen LogP contribution in [0.15, 0.2) is 65.8 Å². The van der Waals surface area contributed by atoms with Gasteiger partial charge in [-0.1, -0.05) is 48.0 Å². The largest absolute Gasteiger partial charge is 0.422 e. The zero-order valence-corrected chi connectivity index (χ0v) is 14.1. The number of esters is 1. The Labute approximate surface area is 150 Å². The summed E-state index contributed by atoms with van der Waals surface area (Å²) in [5.41, 5.74) is 9.16. The van der Waals surface area contributed by atoms with Crippen molar-refractivity contribution in [3.63, 3.8) is 0 Å². The summed E-state index contributed by atoms with van der Waals surface area (Å²) < 4.78 is 5.58. The van der Waals surface area contributed by atoms with Crippen LogP contribution in [0.25, 0.3) is 10.8 Å². The Morgan fingerprint density at radius 3 is 2.65 bits per heavy atom. The number of carbonyl (C=O) groups excluding carboxylic acids is 2. The lowest BCUT2D eigenvalue weighted by Gasteiger charge is -2.10. The first-order chi connectivity index (χ1) is 12.5. The Bertz CT molecular complexity index is 1010. The summed E-state index contributed by atoms with van der Waals surface area (Å²) in [7, 11) is 0. The van der Waals surface area contributed by atoms with E-state index in [0.29, 0.717) is 16.9 Å². The first-order valence-corrected chi connectivity index (χ1v) is 7.94. The highest BCUT2D eigenvalue weighted by atomic mass is 16.5. The van der Waals surface area contributed by atoms with Crippen molar-refractivity contribution in [2.24, 2.45) is 10.8 Å². The summed E-state index contributed by atoms with van der Waals surface area (Å²) in [6.07, 6.45) is 1.41. The first kappa shape index (κ1) is 17.2. The van der Waals surface area contributed by atoms with E-state index in [1.165, 1.54) is 6.21 Å². The van der Waals surface area contributed by atoms with Crippen LogP contribution < -0.4 is 15.9 Å². The third-order valence-electron chi connectivity index (χ3n) is 3.76. The van der Waals surface area contributed by atoms with Crippen molar-refractivity contribution < 1.29 is 14.3 Å². The number of urea groups is 1. The van der Waals surface area contributed by atoms with Crippen LogP contribution in [0.3, 0.4) is 0 Å². The normalized spacial score (nSPS) is 10.8. The number of hydrogen-bond acceptors (Lipinski definition) is 4. The van der Waals surface area contributed by atoms with Crippen molar-refractivity contribution in [1.82, 2.24) is 5.43 Å². The number of nitrogens with two attached hydrogens (primary N) is 1. The number of ether oxygens (including phenoxy) is 1. The predicted octanol–water partition coefficient (Wildman–Crippen LogP) is 3.37. The van der Waals surface area contributed by atoms with E-state index in [-0.39, 0.29) is 0 Å². The molecule has 0 saturated heterocycles. The fraction of sp³-hybridized carbons (Fsp3) is 0.0500. The number of carbonyl (C=O) groups is 2. The number of amides is 2. The van der Waals surface area contributed by atoms with Gasteiger partial charge in [0.05, 0.1) is 11.8 Å². The van der Waals surface area contributed by atoms with Crippen LogP contribution >= 0.6 is 0 Å². The van der Waals surface area contributed by atoms with E-state index in [9.17, 15) is 9.59 Å². The van der Waals surface area contributed by atoms with Gasteiger partial charge in [-0.15, -0.1) is 0 Å². The average molecular weight is 347 g/mol. The molecule has 0 spiro atoms. The predicted molar refractivity (Wildman–Crippen MR) is 100 cm³/mol. The molecule has 130 valence electrons. The molecule has 0 aromatic heterocycles. The zero-order valence-electron chi connectivity index (χ0n) is 14.1. The van der Waals surface area contributed by atoms with Gasteiger partial charge in [-0.3, -0.25) is 0 Å². The second-order valence-corrected chi connectivity index (χ2v) is 5.69. The number of primary amides is 1. The maximum atomic E-state index is 12.5. The molecule has 0 unspecified atom stereocenters. The lowest BCUT2D eigenvalue weighted by atomic mass is 10.0. The Balaban J connectivity index is 2.00.